The van der Waals surface area contributed by atoms with Crippen molar-refractivity contribution in [3.8, 4) is 6.07 Å². The van der Waals surface area contributed by atoms with Gasteiger partial charge >= 0.3 is 0 Å². The first-order chi connectivity index (χ1) is 8.78. The zero-order valence-corrected chi connectivity index (χ0v) is 11.5. The number of hydrogen-bond acceptors (Lipinski definition) is 6. The summed E-state index contributed by atoms with van der Waals surface area (Å²) >= 11 is 7.11. The number of halogens is 1. The second-order valence-corrected chi connectivity index (χ2v) is 5.79. The fourth-order valence-electron chi connectivity index (χ4n) is 2.62. The number of nitrogens with zero attached hydrogens (tertiary/aromatic N) is 4. The van der Waals surface area contributed by atoms with Crippen LogP contribution in [-0.2, 0) is 0 Å². The maximum absolute atomic E-state index is 9.00. The number of aromatic nitrogens is 1. The van der Waals surface area contributed by atoms with Crippen LogP contribution in [0.5, 0.6) is 0 Å². The van der Waals surface area contributed by atoms with E-state index in [4.69, 9.17) is 16.9 Å². The van der Waals surface area contributed by atoms with Crippen molar-refractivity contribution >= 4 is 28.1 Å². The summed E-state index contributed by atoms with van der Waals surface area (Å²) < 4.78 is 4.00. The van der Waals surface area contributed by atoms with Gasteiger partial charge in [0, 0.05) is 45.3 Å². The minimum absolute atomic E-state index is 0.305. The lowest BCUT2D eigenvalue weighted by Gasteiger charge is -2.47. The van der Waals surface area contributed by atoms with Crippen LogP contribution >= 0.6 is 23.1 Å². The molecule has 3 aliphatic rings. The maximum atomic E-state index is 9.00. The summed E-state index contributed by atoms with van der Waals surface area (Å²) in [6.07, 6.45) is 0. The van der Waals surface area contributed by atoms with Crippen molar-refractivity contribution in [2.75, 3.05) is 44.6 Å². The largest absolute Gasteiger partial charge is 0.373 e. The Kier molecular flexibility index (Phi) is 3.39. The zero-order valence-electron chi connectivity index (χ0n) is 9.90. The first-order valence-corrected chi connectivity index (χ1v) is 7.18. The smallest absolute Gasteiger partial charge is 0.162 e. The molecule has 0 saturated carbocycles. The van der Waals surface area contributed by atoms with Crippen LogP contribution in [0.15, 0.2) is 0 Å². The van der Waals surface area contributed by atoms with Crippen molar-refractivity contribution in [2.24, 2.45) is 0 Å². The molecule has 3 saturated heterocycles. The SMILES string of the molecule is N#Cc1c(Cl)nsc1NCC1CN2CCN1CC2. The van der Waals surface area contributed by atoms with Gasteiger partial charge in [0.05, 0.1) is 0 Å². The Morgan fingerprint density at radius 1 is 1.44 bits per heavy atom. The Labute approximate surface area is 115 Å². The maximum Gasteiger partial charge on any atom is 0.162 e. The molecule has 2 bridgehead atoms. The lowest BCUT2D eigenvalue weighted by Crippen LogP contribution is -2.62. The van der Waals surface area contributed by atoms with Crippen molar-refractivity contribution in [3.05, 3.63) is 10.7 Å². The molecular formula is C11H14ClN5S. The summed E-state index contributed by atoms with van der Waals surface area (Å²) in [5, 5.41) is 13.4. The van der Waals surface area contributed by atoms with Gasteiger partial charge in [0.2, 0.25) is 0 Å². The molecule has 3 fully saturated rings. The lowest BCUT2D eigenvalue weighted by molar-refractivity contribution is 0.0190. The average Bonchev–Trinajstić information content (AvgIpc) is 2.78. The molecule has 18 heavy (non-hydrogen) atoms. The molecule has 96 valence electrons. The van der Waals surface area contributed by atoms with Crippen LogP contribution in [0.2, 0.25) is 5.15 Å². The first kappa shape index (κ1) is 12.2. The number of piperazine rings is 3. The van der Waals surface area contributed by atoms with E-state index in [0.29, 0.717) is 16.8 Å². The molecule has 1 unspecified atom stereocenters. The van der Waals surface area contributed by atoms with Gasteiger partial charge in [-0.15, -0.1) is 0 Å². The zero-order chi connectivity index (χ0) is 12.5. The summed E-state index contributed by atoms with van der Waals surface area (Å²) in [4.78, 5) is 5.01. The van der Waals surface area contributed by atoms with Gasteiger partial charge in [0.1, 0.15) is 16.6 Å². The van der Waals surface area contributed by atoms with Crippen LogP contribution in [0.25, 0.3) is 0 Å². The van der Waals surface area contributed by atoms with Crippen LogP contribution in [0.3, 0.4) is 0 Å². The van der Waals surface area contributed by atoms with E-state index in [1.165, 1.54) is 24.6 Å². The van der Waals surface area contributed by atoms with Crippen molar-refractivity contribution in [2.45, 2.75) is 6.04 Å². The van der Waals surface area contributed by atoms with Gasteiger partial charge in [-0.25, -0.2) is 0 Å². The van der Waals surface area contributed by atoms with Gasteiger partial charge in [0.25, 0.3) is 0 Å². The molecule has 0 spiro atoms. The molecule has 1 aromatic heterocycles. The van der Waals surface area contributed by atoms with E-state index in [2.05, 4.69) is 25.6 Å². The van der Waals surface area contributed by atoms with Crippen LogP contribution < -0.4 is 5.32 Å². The van der Waals surface area contributed by atoms with Gasteiger partial charge in [-0.05, 0) is 11.5 Å². The molecule has 1 N–H and O–H groups in total. The van der Waals surface area contributed by atoms with Crippen molar-refractivity contribution < 1.29 is 0 Å². The molecule has 4 heterocycles. The topological polar surface area (TPSA) is 55.2 Å². The Morgan fingerprint density at radius 3 is 2.83 bits per heavy atom. The van der Waals surface area contributed by atoms with E-state index in [0.717, 1.165) is 31.2 Å². The van der Waals surface area contributed by atoms with Crippen molar-refractivity contribution in [3.63, 3.8) is 0 Å². The minimum atomic E-state index is 0.305. The van der Waals surface area contributed by atoms with Gasteiger partial charge in [0.15, 0.2) is 5.15 Å². The van der Waals surface area contributed by atoms with Gasteiger partial charge in [-0.3, -0.25) is 9.80 Å². The van der Waals surface area contributed by atoms with E-state index in [9.17, 15) is 0 Å². The normalized spacial score (nSPS) is 30.1. The highest BCUT2D eigenvalue weighted by atomic mass is 35.5. The molecular weight excluding hydrogens is 270 g/mol. The number of nitriles is 1. The second kappa shape index (κ2) is 5.02. The Bertz CT molecular complexity index is 474. The number of hydrogen-bond donors (Lipinski definition) is 1. The second-order valence-electron chi connectivity index (χ2n) is 4.66. The molecule has 0 aliphatic carbocycles. The van der Waals surface area contributed by atoms with Gasteiger partial charge in [-0.2, -0.15) is 9.64 Å². The quantitative estimate of drug-likeness (QED) is 0.900. The summed E-state index contributed by atoms with van der Waals surface area (Å²) in [6.45, 7) is 6.64. The van der Waals surface area contributed by atoms with Crippen LogP contribution in [0.4, 0.5) is 5.00 Å². The van der Waals surface area contributed by atoms with Crippen molar-refractivity contribution in [1.29, 1.82) is 5.26 Å². The Hall–Kier alpha value is -0.870. The summed E-state index contributed by atoms with van der Waals surface area (Å²) in [6, 6.07) is 2.62. The fourth-order valence-corrected chi connectivity index (χ4v) is 3.56. The highest BCUT2D eigenvalue weighted by Gasteiger charge is 2.31. The molecule has 0 amide bonds. The van der Waals surface area contributed by atoms with E-state index in [1.807, 2.05) is 0 Å². The molecule has 0 radical (unpaired) electrons. The molecule has 3 aliphatic heterocycles. The fraction of sp³-hybridized carbons (Fsp3) is 0.636. The Morgan fingerprint density at radius 2 is 2.22 bits per heavy atom. The van der Waals surface area contributed by atoms with E-state index in [-0.39, 0.29) is 0 Å². The standard InChI is InChI=1S/C11H14ClN5S/c12-10-9(5-13)11(18-15-10)14-6-8-7-16-1-3-17(8)4-2-16/h8,14H,1-4,6-7H2. The molecule has 0 aromatic carbocycles. The summed E-state index contributed by atoms with van der Waals surface area (Å²) in [5.74, 6) is 0. The number of rotatable bonds is 3. The third-order valence-electron chi connectivity index (χ3n) is 3.65. The van der Waals surface area contributed by atoms with E-state index >= 15 is 0 Å². The third kappa shape index (κ3) is 2.19. The molecule has 7 heteroatoms. The lowest BCUT2D eigenvalue weighted by atomic mass is 10.1. The molecule has 5 nitrogen and oxygen atoms in total. The van der Waals surface area contributed by atoms with Crippen LogP contribution in [0.1, 0.15) is 5.56 Å². The van der Waals surface area contributed by atoms with Gasteiger partial charge < -0.3 is 5.32 Å². The monoisotopic (exact) mass is 283 g/mol. The average molecular weight is 284 g/mol. The summed E-state index contributed by atoms with van der Waals surface area (Å²) in [5.41, 5.74) is 0.470. The highest BCUT2D eigenvalue weighted by Crippen LogP contribution is 2.27. The van der Waals surface area contributed by atoms with E-state index in [1.54, 1.807) is 0 Å². The predicted molar refractivity (Wildman–Crippen MR) is 72.1 cm³/mol. The van der Waals surface area contributed by atoms with Gasteiger partial charge in [-0.1, -0.05) is 11.6 Å². The molecule has 1 aromatic rings. The molecule has 1 atom stereocenters. The first-order valence-electron chi connectivity index (χ1n) is 6.03. The number of anilines is 1. The van der Waals surface area contributed by atoms with E-state index < -0.39 is 0 Å². The van der Waals surface area contributed by atoms with Crippen molar-refractivity contribution in [1.82, 2.24) is 14.2 Å². The van der Waals surface area contributed by atoms with Crippen LogP contribution in [0, 0.1) is 11.3 Å². The minimum Gasteiger partial charge on any atom is -0.373 e. The molecule has 4 rings (SSSR count). The Balaban J connectivity index is 1.63. The van der Waals surface area contributed by atoms with Crippen LogP contribution in [-0.4, -0.2) is 59.5 Å². The number of nitrogens with one attached hydrogen (secondary N) is 1. The number of fused-ring (bicyclic) bond motifs is 3. The highest BCUT2D eigenvalue weighted by molar-refractivity contribution is 7.10. The summed E-state index contributed by atoms with van der Waals surface area (Å²) in [7, 11) is 0. The third-order valence-corrected chi connectivity index (χ3v) is 4.83. The predicted octanol–water partition coefficient (Wildman–Crippen LogP) is 1.08.